The molecule has 16 heavy (non-hydrogen) atoms. The molecular weight excluding hydrogens is 206 g/mol. The number of anilines is 3. The van der Waals surface area contributed by atoms with Crippen LogP contribution in [0.15, 0.2) is 18.2 Å². The van der Waals surface area contributed by atoms with E-state index in [0.717, 1.165) is 6.41 Å². The number of fused-ring (bicyclic) bond motifs is 1. The van der Waals surface area contributed by atoms with Crippen LogP contribution >= 0.6 is 0 Å². The number of hydrogen-bond acceptors (Lipinski definition) is 3. The van der Waals surface area contributed by atoms with Gasteiger partial charge in [-0.15, -0.1) is 0 Å². The van der Waals surface area contributed by atoms with Gasteiger partial charge in [0.15, 0.2) is 0 Å². The lowest BCUT2D eigenvalue weighted by Gasteiger charge is -2.23. The van der Waals surface area contributed by atoms with Gasteiger partial charge in [-0.1, -0.05) is 0 Å². The molecule has 0 unspecified atom stereocenters. The number of nitrogens with zero attached hydrogens (tertiary/aromatic N) is 1. The van der Waals surface area contributed by atoms with Gasteiger partial charge in [-0.05, 0) is 25.1 Å². The highest BCUT2D eigenvalue weighted by Crippen LogP contribution is 2.32. The molecule has 1 aliphatic heterocycles. The molecule has 2 rings (SSSR count). The molecule has 1 atom stereocenters. The lowest BCUT2D eigenvalue weighted by Crippen LogP contribution is -2.32. The van der Waals surface area contributed by atoms with Crippen molar-refractivity contribution in [3.8, 4) is 0 Å². The summed E-state index contributed by atoms with van der Waals surface area (Å²) in [4.78, 5) is 24.1. The van der Waals surface area contributed by atoms with Gasteiger partial charge in [0.25, 0.3) is 0 Å². The van der Waals surface area contributed by atoms with Crippen molar-refractivity contribution in [1.29, 1.82) is 0 Å². The number of benzene rings is 1. The molecule has 0 aromatic heterocycles. The molecule has 0 fully saturated rings. The first-order chi connectivity index (χ1) is 7.61. The average molecular weight is 219 g/mol. The number of nitrogen functional groups attached to an aromatic ring is 1. The van der Waals surface area contributed by atoms with E-state index >= 15 is 0 Å². The molecule has 1 aliphatic rings. The highest BCUT2D eigenvalue weighted by atomic mass is 16.2. The van der Waals surface area contributed by atoms with Crippen molar-refractivity contribution in [1.82, 2.24) is 0 Å². The van der Waals surface area contributed by atoms with Crippen LogP contribution in [0.4, 0.5) is 17.1 Å². The predicted octanol–water partition coefficient (Wildman–Crippen LogP) is 0.962. The standard InChI is InChI=1S/C11H13N3O2/c1-7-4-11(16)13-9-3-2-8(12)5-10(9)14(7)6-15/h2-3,5-7H,4,12H2,1H3,(H,13,16)/t7-/m0/s1. The predicted molar refractivity (Wildman–Crippen MR) is 62.1 cm³/mol. The number of amides is 2. The van der Waals surface area contributed by atoms with Crippen molar-refractivity contribution in [3.05, 3.63) is 18.2 Å². The Balaban J connectivity index is 2.54. The van der Waals surface area contributed by atoms with Gasteiger partial charge in [-0.2, -0.15) is 0 Å². The zero-order valence-electron chi connectivity index (χ0n) is 8.93. The fraction of sp³-hybridized carbons (Fsp3) is 0.273. The number of nitrogens with one attached hydrogen (secondary N) is 1. The van der Waals surface area contributed by atoms with Crippen molar-refractivity contribution in [2.75, 3.05) is 16.0 Å². The third-order valence-electron chi connectivity index (χ3n) is 2.64. The van der Waals surface area contributed by atoms with E-state index in [-0.39, 0.29) is 18.4 Å². The first-order valence-electron chi connectivity index (χ1n) is 5.05. The van der Waals surface area contributed by atoms with Gasteiger partial charge in [0, 0.05) is 18.2 Å². The lowest BCUT2D eigenvalue weighted by molar-refractivity contribution is -0.116. The summed E-state index contributed by atoms with van der Waals surface area (Å²) in [6.45, 7) is 1.83. The number of nitrogens with two attached hydrogens (primary N) is 1. The summed E-state index contributed by atoms with van der Waals surface area (Å²) < 4.78 is 0. The number of rotatable bonds is 1. The molecule has 1 aromatic carbocycles. The van der Waals surface area contributed by atoms with E-state index in [4.69, 9.17) is 5.73 Å². The molecule has 0 radical (unpaired) electrons. The van der Waals surface area contributed by atoms with Crippen LogP contribution in [0.3, 0.4) is 0 Å². The van der Waals surface area contributed by atoms with E-state index in [0.29, 0.717) is 17.1 Å². The molecule has 5 heteroatoms. The molecule has 2 amide bonds. The van der Waals surface area contributed by atoms with Crippen molar-refractivity contribution in [3.63, 3.8) is 0 Å². The molecule has 1 aromatic rings. The largest absolute Gasteiger partial charge is 0.399 e. The highest BCUT2D eigenvalue weighted by Gasteiger charge is 2.24. The molecular formula is C11H13N3O2. The molecule has 0 saturated heterocycles. The number of carbonyl (C=O) groups excluding carboxylic acids is 2. The SMILES string of the molecule is C[C@H]1CC(=O)Nc2ccc(N)cc2N1C=O. The van der Waals surface area contributed by atoms with Crippen LogP contribution in [0, 0.1) is 0 Å². The Kier molecular flexibility index (Phi) is 2.52. The fourth-order valence-electron chi connectivity index (χ4n) is 1.83. The van der Waals surface area contributed by atoms with Gasteiger partial charge in [-0.25, -0.2) is 0 Å². The Hall–Kier alpha value is -2.04. The maximum Gasteiger partial charge on any atom is 0.226 e. The third kappa shape index (κ3) is 1.71. The van der Waals surface area contributed by atoms with Gasteiger partial charge in [0.1, 0.15) is 0 Å². The summed E-state index contributed by atoms with van der Waals surface area (Å²) in [6.07, 6.45) is 1.01. The second kappa shape index (κ2) is 3.84. The van der Waals surface area contributed by atoms with E-state index in [1.165, 1.54) is 4.90 Å². The summed E-state index contributed by atoms with van der Waals surface area (Å²) in [7, 11) is 0. The number of hydrogen-bond donors (Lipinski definition) is 2. The maximum atomic E-state index is 11.5. The highest BCUT2D eigenvalue weighted by molar-refractivity contribution is 6.00. The Morgan fingerprint density at radius 3 is 3.00 bits per heavy atom. The van der Waals surface area contributed by atoms with Crippen LogP contribution in [0.1, 0.15) is 13.3 Å². The monoisotopic (exact) mass is 219 g/mol. The molecule has 5 nitrogen and oxygen atoms in total. The van der Waals surface area contributed by atoms with Crippen molar-refractivity contribution in [2.45, 2.75) is 19.4 Å². The molecule has 1 heterocycles. The fourth-order valence-corrected chi connectivity index (χ4v) is 1.83. The zero-order valence-corrected chi connectivity index (χ0v) is 8.93. The Morgan fingerprint density at radius 1 is 1.56 bits per heavy atom. The molecule has 0 bridgehead atoms. The molecule has 0 saturated carbocycles. The van der Waals surface area contributed by atoms with Crippen molar-refractivity contribution in [2.24, 2.45) is 0 Å². The van der Waals surface area contributed by atoms with Gasteiger partial charge >= 0.3 is 0 Å². The summed E-state index contributed by atoms with van der Waals surface area (Å²) in [5.74, 6) is -0.0946. The summed E-state index contributed by atoms with van der Waals surface area (Å²) in [5, 5.41) is 2.75. The topological polar surface area (TPSA) is 75.4 Å². The number of carbonyl (C=O) groups is 2. The molecule has 84 valence electrons. The first kappa shape index (κ1) is 10.5. The Labute approximate surface area is 93.2 Å². The van der Waals surface area contributed by atoms with Gasteiger partial charge in [0.05, 0.1) is 11.4 Å². The van der Waals surface area contributed by atoms with Crippen LogP contribution in [0.5, 0.6) is 0 Å². The first-order valence-corrected chi connectivity index (χ1v) is 5.05. The van der Waals surface area contributed by atoms with E-state index in [2.05, 4.69) is 5.32 Å². The lowest BCUT2D eigenvalue weighted by atomic mass is 10.2. The smallest absolute Gasteiger partial charge is 0.226 e. The third-order valence-corrected chi connectivity index (χ3v) is 2.64. The summed E-state index contributed by atoms with van der Waals surface area (Å²) in [6, 6.07) is 4.92. The molecule has 0 spiro atoms. The minimum atomic E-state index is -0.166. The van der Waals surface area contributed by atoms with Gasteiger partial charge in [0.2, 0.25) is 12.3 Å². The van der Waals surface area contributed by atoms with Crippen LogP contribution < -0.4 is 16.0 Å². The maximum absolute atomic E-state index is 11.5. The van der Waals surface area contributed by atoms with E-state index in [1.54, 1.807) is 18.2 Å². The van der Waals surface area contributed by atoms with Crippen molar-refractivity contribution < 1.29 is 9.59 Å². The van der Waals surface area contributed by atoms with Crippen LogP contribution in [-0.4, -0.2) is 18.4 Å². The van der Waals surface area contributed by atoms with Crippen LogP contribution in [0.2, 0.25) is 0 Å². The van der Waals surface area contributed by atoms with Crippen LogP contribution in [0.25, 0.3) is 0 Å². The molecule has 3 N–H and O–H groups in total. The summed E-state index contributed by atoms with van der Waals surface area (Å²) >= 11 is 0. The second-order valence-corrected chi connectivity index (χ2v) is 3.89. The zero-order chi connectivity index (χ0) is 11.7. The van der Waals surface area contributed by atoms with E-state index in [1.807, 2.05) is 6.92 Å². The van der Waals surface area contributed by atoms with E-state index < -0.39 is 0 Å². The Bertz CT molecular complexity index is 445. The van der Waals surface area contributed by atoms with Gasteiger partial charge < -0.3 is 16.0 Å². The Morgan fingerprint density at radius 2 is 2.31 bits per heavy atom. The second-order valence-electron chi connectivity index (χ2n) is 3.89. The summed E-state index contributed by atoms with van der Waals surface area (Å²) in [5.41, 5.74) is 7.51. The minimum Gasteiger partial charge on any atom is -0.399 e. The van der Waals surface area contributed by atoms with Gasteiger partial charge in [-0.3, -0.25) is 9.59 Å². The van der Waals surface area contributed by atoms with E-state index in [9.17, 15) is 9.59 Å². The molecule has 0 aliphatic carbocycles. The van der Waals surface area contributed by atoms with Crippen LogP contribution in [-0.2, 0) is 9.59 Å². The minimum absolute atomic E-state index is 0.0946. The van der Waals surface area contributed by atoms with Crippen molar-refractivity contribution >= 4 is 29.4 Å². The average Bonchev–Trinajstić information content (AvgIpc) is 2.33. The normalized spacial score (nSPS) is 19.7. The quantitative estimate of drug-likeness (QED) is 0.545.